The van der Waals surface area contributed by atoms with Crippen molar-refractivity contribution < 1.29 is 0 Å². The molecule has 0 bridgehead atoms. The van der Waals surface area contributed by atoms with E-state index in [1.165, 1.54) is 5.75 Å². The van der Waals surface area contributed by atoms with Gasteiger partial charge in [-0.3, -0.25) is 4.68 Å². The van der Waals surface area contributed by atoms with Crippen LogP contribution in [0.25, 0.3) is 0 Å². The summed E-state index contributed by atoms with van der Waals surface area (Å²) in [6.07, 6.45) is 6.60. The van der Waals surface area contributed by atoms with Gasteiger partial charge in [-0.25, -0.2) is 4.98 Å². The maximum absolute atomic E-state index is 4.09. The molecule has 16 heavy (non-hydrogen) atoms. The number of nitrogens with zero attached hydrogens (tertiary/aromatic N) is 3. The van der Waals surface area contributed by atoms with Crippen LogP contribution in [0.3, 0.4) is 0 Å². The predicted molar refractivity (Wildman–Crippen MR) is 69.6 cm³/mol. The minimum atomic E-state index is 0.536. The lowest BCUT2D eigenvalue weighted by molar-refractivity contribution is 0.432. The molecule has 0 aliphatic heterocycles. The highest BCUT2D eigenvalue weighted by molar-refractivity contribution is 7.98. The molecular formula is C11H22N4S. The van der Waals surface area contributed by atoms with Gasteiger partial charge >= 0.3 is 0 Å². The summed E-state index contributed by atoms with van der Waals surface area (Å²) < 4.78 is 1.88. The van der Waals surface area contributed by atoms with E-state index in [9.17, 15) is 0 Å². The van der Waals surface area contributed by atoms with Crippen LogP contribution in [0.1, 0.15) is 20.3 Å². The third-order valence-corrected chi connectivity index (χ3v) is 3.43. The van der Waals surface area contributed by atoms with Gasteiger partial charge < -0.3 is 5.32 Å². The maximum Gasteiger partial charge on any atom is 0.137 e. The van der Waals surface area contributed by atoms with Gasteiger partial charge in [-0.15, -0.1) is 0 Å². The van der Waals surface area contributed by atoms with Gasteiger partial charge in [-0.1, -0.05) is 6.92 Å². The maximum atomic E-state index is 4.09. The van der Waals surface area contributed by atoms with Crippen molar-refractivity contribution >= 4 is 11.8 Å². The summed E-state index contributed by atoms with van der Waals surface area (Å²) in [6.45, 7) is 6.54. The first-order valence-electron chi connectivity index (χ1n) is 5.77. The molecule has 0 saturated carbocycles. The lowest BCUT2D eigenvalue weighted by atomic mass is 10.2. The summed E-state index contributed by atoms with van der Waals surface area (Å²) in [5.41, 5.74) is 0. The topological polar surface area (TPSA) is 42.7 Å². The summed E-state index contributed by atoms with van der Waals surface area (Å²) in [6, 6.07) is 0.536. The van der Waals surface area contributed by atoms with E-state index >= 15 is 0 Å². The van der Waals surface area contributed by atoms with Crippen molar-refractivity contribution in [2.24, 2.45) is 5.92 Å². The molecule has 2 unspecified atom stereocenters. The van der Waals surface area contributed by atoms with Crippen molar-refractivity contribution in [3.8, 4) is 0 Å². The molecule has 1 N–H and O–H groups in total. The van der Waals surface area contributed by atoms with E-state index in [-0.39, 0.29) is 0 Å². The summed E-state index contributed by atoms with van der Waals surface area (Å²) in [5.74, 6) is 1.96. The number of nitrogens with one attached hydrogen (secondary N) is 1. The van der Waals surface area contributed by atoms with Crippen molar-refractivity contribution in [2.45, 2.75) is 32.9 Å². The molecule has 1 rings (SSSR count). The first-order chi connectivity index (χ1) is 7.72. The molecule has 5 heteroatoms. The minimum Gasteiger partial charge on any atom is -0.314 e. The molecule has 92 valence electrons. The van der Waals surface area contributed by atoms with E-state index in [1.807, 2.05) is 16.4 Å². The molecule has 1 aromatic rings. The number of hydrogen-bond acceptors (Lipinski definition) is 4. The Labute approximate surface area is 102 Å². The van der Waals surface area contributed by atoms with Crippen LogP contribution >= 0.6 is 11.8 Å². The Morgan fingerprint density at radius 1 is 1.44 bits per heavy atom. The van der Waals surface area contributed by atoms with Gasteiger partial charge in [0.15, 0.2) is 0 Å². The van der Waals surface area contributed by atoms with Gasteiger partial charge in [-0.2, -0.15) is 16.9 Å². The monoisotopic (exact) mass is 242 g/mol. The standard InChI is InChI=1S/C11H22N4S/c1-10(7-16-3)6-13-11(2)4-5-15-9-12-8-14-15/h8-11,13H,4-7H2,1-3H3. The molecule has 0 saturated heterocycles. The highest BCUT2D eigenvalue weighted by Crippen LogP contribution is 2.03. The zero-order chi connectivity index (χ0) is 11.8. The van der Waals surface area contributed by atoms with Gasteiger partial charge in [0.25, 0.3) is 0 Å². The molecule has 0 spiro atoms. The molecule has 0 aliphatic carbocycles. The van der Waals surface area contributed by atoms with Gasteiger partial charge in [0.1, 0.15) is 12.7 Å². The largest absolute Gasteiger partial charge is 0.314 e. The quantitative estimate of drug-likeness (QED) is 0.752. The Hall–Kier alpha value is -0.550. The molecule has 0 amide bonds. The molecule has 1 heterocycles. The van der Waals surface area contributed by atoms with Gasteiger partial charge in [0.2, 0.25) is 0 Å². The van der Waals surface area contributed by atoms with E-state index in [4.69, 9.17) is 0 Å². The second-order valence-corrected chi connectivity index (χ2v) is 5.23. The van der Waals surface area contributed by atoms with Crippen molar-refractivity contribution in [3.05, 3.63) is 12.7 Å². The first kappa shape index (κ1) is 13.5. The Bertz CT molecular complexity index is 263. The van der Waals surface area contributed by atoms with E-state index < -0.39 is 0 Å². The van der Waals surface area contributed by atoms with Crippen molar-refractivity contribution in [1.29, 1.82) is 0 Å². The highest BCUT2D eigenvalue weighted by Gasteiger charge is 2.05. The minimum absolute atomic E-state index is 0.536. The summed E-state index contributed by atoms with van der Waals surface area (Å²) in [4.78, 5) is 3.93. The fourth-order valence-electron chi connectivity index (χ4n) is 1.52. The van der Waals surface area contributed by atoms with Crippen LogP contribution in [0.5, 0.6) is 0 Å². The van der Waals surface area contributed by atoms with Crippen LogP contribution in [-0.4, -0.2) is 39.4 Å². The lowest BCUT2D eigenvalue weighted by Gasteiger charge is -2.17. The SMILES string of the molecule is CSCC(C)CNC(C)CCn1cncn1. The second kappa shape index (κ2) is 7.68. The van der Waals surface area contributed by atoms with Crippen LogP contribution in [0.2, 0.25) is 0 Å². The average molecular weight is 242 g/mol. The highest BCUT2D eigenvalue weighted by atomic mass is 32.2. The molecule has 0 aliphatic rings. The summed E-state index contributed by atoms with van der Waals surface area (Å²) >= 11 is 1.91. The van der Waals surface area contributed by atoms with Crippen molar-refractivity contribution in [3.63, 3.8) is 0 Å². The van der Waals surface area contributed by atoms with E-state index in [2.05, 4.69) is 35.5 Å². The number of aromatic nitrogens is 3. The summed E-state index contributed by atoms with van der Waals surface area (Å²) in [5, 5.41) is 7.64. The lowest BCUT2D eigenvalue weighted by Crippen LogP contribution is -2.32. The third kappa shape index (κ3) is 5.51. The number of thioether (sulfide) groups is 1. The van der Waals surface area contributed by atoms with Crippen LogP contribution in [0.4, 0.5) is 0 Å². The zero-order valence-corrected chi connectivity index (χ0v) is 11.2. The molecule has 0 aromatic carbocycles. The Morgan fingerprint density at radius 3 is 2.88 bits per heavy atom. The molecule has 0 radical (unpaired) electrons. The van der Waals surface area contributed by atoms with Crippen LogP contribution in [0, 0.1) is 5.92 Å². The molecule has 4 nitrogen and oxygen atoms in total. The number of hydrogen-bond donors (Lipinski definition) is 1. The normalized spacial score (nSPS) is 14.9. The molecule has 2 atom stereocenters. The van der Waals surface area contributed by atoms with E-state index in [1.54, 1.807) is 12.7 Å². The van der Waals surface area contributed by atoms with Crippen molar-refractivity contribution in [2.75, 3.05) is 18.6 Å². The fraction of sp³-hybridized carbons (Fsp3) is 0.818. The second-order valence-electron chi connectivity index (χ2n) is 4.32. The zero-order valence-electron chi connectivity index (χ0n) is 10.4. The third-order valence-electron chi connectivity index (χ3n) is 2.52. The van der Waals surface area contributed by atoms with Crippen LogP contribution in [-0.2, 0) is 6.54 Å². The Kier molecular flexibility index (Phi) is 6.49. The molecular weight excluding hydrogens is 220 g/mol. The van der Waals surface area contributed by atoms with Crippen LogP contribution < -0.4 is 5.32 Å². The fourth-order valence-corrected chi connectivity index (χ4v) is 2.21. The predicted octanol–water partition coefficient (Wildman–Crippen LogP) is 1.65. The Balaban J connectivity index is 2.09. The van der Waals surface area contributed by atoms with E-state index in [0.29, 0.717) is 6.04 Å². The van der Waals surface area contributed by atoms with E-state index in [0.717, 1.165) is 25.4 Å². The molecule has 0 fully saturated rings. The first-order valence-corrected chi connectivity index (χ1v) is 7.16. The Morgan fingerprint density at radius 2 is 2.25 bits per heavy atom. The van der Waals surface area contributed by atoms with Gasteiger partial charge in [-0.05, 0) is 37.8 Å². The number of aryl methyl sites for hydroxylation is 1. The molecule has 1 aromatic heterocycles. The average Bonchev–Trinajstić information content (AvgIpc) is 2.77. The van der Waals surface area contributed by atoms with Crippen LogP contribution in [0.15, 0.2) is 12.7 Å². The van der Waals surface area contributed by atoms with Gasteiger partial charge in [0, 0.05) is 12.6 Å². The van der Waals surface area contributed by atoms with Crippen molar-refractivity contribution in [1.82, 2.24) is 20.1 Å². The van der Waals surface area contributed by atoms with Gasteiger partial charge in [0.05, 0.1) is 0 Å². The summed E-state index contributed by atoms with van der Waals surface area (Å²) in [7, 11) is 0. The number of rotatable bonds is 8. The smallest absolute Gasteiger partial charge is 0.137 e.